The van der Waals surface area contributed by atoms with Gasteiger partial charge in [-0.3, -0.25) is 0 Å². The molecule has 0 atom stereocenters. The summed E-state index contributed by atoms with van der Waals surface area (Å²) < 4.78 is 0. The van der Waals surface area contributed by atoms with Crippen molar-refractivity contribution in [3.63, 3.8) is 0 Å². The molecule has 28 heavy (non-hydrogen) atoms. The van der Waals surface area contributed by atoms with Gasteiger partial charge in [0, 0.05) is 33.8 Å². The van der Waals surface area contributed by atoms with Crippen LogP contribution in [-0.2, 0) is 13.0 Å². The summed E-state index contributed by atoms with van der Waals surface area (Å²) in [5, 5.41) is 4.80. The van der Waals surface area contributed by atoms with Gasteiger partial charge in [-0.1, -0.05) is 71.2 Å². The molecule has 3 rings (SSSR count). The molecule has 0 bridgehead atoms. The highest BCUT2D eigenvalue weighted by Crippen LogP contribution is 2.22. The van der Waals surface area contributed by atoms with Crippen LogP contribution in [0.3, 0.4) is 0 Å². The number of carbonyl (C=O) groups is 1. The van der Waals surface area contributed by atoms with Crippen LogP contribution in [0.1, 0.15) is 11.1 Å². The maximum Gasteiger partial charge on any atom is 0.322 e. The predicted molar refractivity (Wildman–Crippen MR) is 117 cm³/mol. The molecule has 0 aliphatic rings. The van der Waals surface area contributed by atoms with E-state index in [4.69, 9.17) is 34.8 Å². The fraction of sp³-hybridized carbons (Fsp3) is 0.136. The van der Waals surface area contributed by atoms with Crippen molar-refractivity contribution in [2.75, 3.05) is 11.9 Å². The summed E-state index contributed by atoms with van der Waals surface area (Å²) in [6.07, 6.45) is 0.617. The first-order chi connectivity index (χ1) is 13.5. The largest absolute Gasteiger partial charge is 0.322 e. The van der Waals surface area contributed by atoms with E-state index in [1.165, 1.54) is 0 Å². The van der Waals surface area contributed by atoms with E-state index in [0.29, 0.717) is 34.6 Å². The first kappa shape index (κ1) is 20.5. The number of carbonyl (C=O) groups excluding carboxylic acids is 1. The van der Waals surface area contributed by atoms with Crippen molar-refractivity contribution >= 4 is 46.5 Å². The Morgan fingerprint density at radius 1 is 0.857 bits per heavy atom. The summed E-state index contributed by atoms with van der Waals surface area (Å²) in [5.74, 6) is 0. The Kier molecular flexibility index (Phi) is 7.21. The van der Waals surface area contributed by atoms with Gasteiger partial charge in [-0.25, -0.2) is 4.79 Å². The van der Waals surface area contributed by atoms with Gasteiger partial charge in [0.25, 0.3) is 0 Å². The molecule has 0 fully saturated rings. The standard InChI is InChI=1S/C22H19Cl3N2O/c23-18-9-6-16(7-10-18)15-27(22(28)26-20-4-2-1-3-5-20)13-12-17-8-11-19(24)14-21(17)25/h1-11,14H,12-13,15H2,(H,26,28). The number of halogens is 3. The van der Waals surface area contributed by atoms with Crippen molar-refractivity contribution in [1.29, 1.82) is 0 Å². The molecule has 0 spiro atoms. The zero-order valence-corrected chi connectivity index (χ0v) is 17.3. The monoisotopic (exact) mass is 432 g/mol. The normalized spacial score (nSPS) is 10.5. The Labute approximate surface area is 179 Å². The molecule has 0 unspecified atom stereocenters. The summed E-state index contributed by atoms with van der Waals surface area (Å²) in [5.41, 5.74) is 2.69. The Morgan fingerprint density at radius 2 is 1.54 bits per heavy atom. The minimum Gasteiger partial charge on any atom is -0.320 e. The molecule has 3 aromatic carbocycles. The molecule has 2 amide bonds. The van der Waals surface area contributed by atoms with Crippen LogP contribution in [0.4, 0.5) is 10.5 Å². The SMILES string of the molecule is O=C(Nc1ccccc1)N(CCc1ccc(Cl)cc1Cl)Cc1ccc(Cl)cc1. The number of rotatable bonds is 6. The second-order valence-corrected chi connectivity index (χ2v) is 7.61. The Hall–Kier alpha value is -2.20. The van der Waals surface area contributed by atoms with Crippen molar-refractivity contribution in [3.05, 3.63) is 99.0 Å². The molecular formula is C22H19Cl3N2O. The summed E-state index contributed by atoms with van der Waals surface area (Å²) in [6.45, 7) is 0.962. The molecule has 0 saturated carbocycles. The summed E-state index contributed by atoms with van der Waals surface area (Å²) in [7, 11) is 0. The van der Waals surface area contributed by atoms with E-state index in [-0.39, 0.29) is 6.03 Å². The third kappa shape index (κ3) is 5.90. The van der Waals surface area contributed by atoms with Crippen LogP contribution in [0, 0.1) is 0 Å². The highest BCUT2D eigenvalue weighted by Gasteiger charge is 2.15. The third-order valence-corrected chi connectivity index (χ3v) is 5.10. The lowest BCUT2D eigenvalue weighted by Gasteiger charge is -2.24. The third-order valence-electron chi connectivity index (χ3n) is 4.27. The first-order valence-corrected chi connectivity index (χ1v) is 9.94. The van der Waals surface area contributed by atoms with E-state index in [0.717, 1.165) is 16.8 Å². The average molecular weight is 434 g/mol. The van der Waals surface area contributed by atoms with Gasteiger partial charge < -0.3 is 10.2 Å². The maximum absolute atomic E-state index is 12.9. The first-order valence-electron chi connectivity index (χ1n) is 8.80. The van der Waals surface area contributed by atoms with Crippen LogP contribution in [0.5, 0.6) is 0 Å². The molecular weight excluding hydrogens is 415 g/mol. The van der Waals surface area contributed by atoms with Gasteiger partial charge in [0.2, 0.25) is 0 Å². The number of benzene rings is 3. The second kappa shape index (κ2) is 9.83. The number of amides is 2. The highest BCUT2D eigenvalue weighted by atomic mass is 35.5. The molecule has 0 heterocycles. The number of urea groups is 1. The number of para-hydroxylation sites is 1. The van der Waals surface area contributed by atoms with Gasteiger partial charge in [-0.05, 0) is 53.9 Å². The van der Waals surface area contributed by atoms with Crippen molar-refractivity contribution in [3.8, 4) is 0 Å². The molecule has 0 aliphatic carbocycles. The molecule has 3 aromatic rings. The molecule has 1 N–H and O–H groups in total. The van der Waals surface area contributed by atoms with Crippen LogP contribution in [0.25, 0.3) is 0 Å². The highest BCUT2D eigenvalue weighted by molar-refractivity contribution is 6.35. The van der Waals surface area contributed by atoms with E-state index in [1.54, 1.807) is 17.0 Å². The van der Waals surface area contributed by atoms with Gasteiger partial charge in [-0.2, -0.15) is 0 Å². The van der Waals surface area contributed by atoms with Gasteiger partial charge in [0.15, 0.2) is 0 Å². The van der Waals surface area contributed by atoms with E-state index in [9.17, 15) is 4.79 Å². The minimum absolute atomic E-state index is 0.175. The van der Waals surface area contributed by atoms with Crippen molar-refractivity contribution in [2.45, 2.75) is 13.0 Å². The Morgan fingerprint density at radius 3 is 2.21 bits per heavy atom. The molecule has 6 heteroatoms. The Balaban J connectivity index is 1.74. The maximum atomic E-state index is 12.9. The molecule has 144 valence electrons. The zero-order chi connectivity index (χ0) is 19.9. The average Bonchev–Trinajstić information content (AvgIpc) is 2.68. The minimum atomic E-state index is -0.175. The van der Waals surface area contributed by atoms with Gasteiger partial charge >= 0.3 is 6.03 Å². The number of hydrogen-bond donors (Lipinski definition) is 1. The summed E-state index contributed by atoms with van der Waals surface area (Å²) >= 11 is 18.2. The van der Waals surface area contributed by atoms with Gasteiger partial charge in [-0.15, -0.1) is 0 Å². The zero-order valence-electron chi connectivity index (χ0n) is 15.0. The van der Waals surface area contributed by atoms with Crippen LogP contribution >= 0.6 is 34.8 Å². The number of hydrogen-bond acceptors (Lipinski definition) is 1. The fourth-order valence-corrected chi connectivity index (χ4v) is 3.40. The van der Waals surface area contributed by atoms with E-state index in [2.05, 4.69) is 5.32 Å². The number of anilines is 1. The summed E-state index contributed by atoms with van der Waals surface area (Å²) in [4.78, 5) is 14.6. The van der Waals surface area contributed by atoms with E-state index in [1.807, 2.05) is 60.7 Å². The van der Waals surface area contributed by atoms with E-state index < -0.39 is 0 Å². The molecule has 0 aromatic heterocycles. The molecule has 3 nitrogen and oxygen atoms in total. The lowest BCUT2D eigenvalue weighted by atomic mass is 10.1. The second-order valence-electron chi connectivity index (χ2n) is 6.33. The van der Waals surface area contributed by atoms with Crippen LogP contribution in [0.2, 0.25) is 15.1 Å². The van der Waals surface area contributed by atoms with Gasteiger partial charge in [0.05, 0.1) is 0 Å². The number of nitrogens with one attached hydrogen (secondary N) is 1. The number of nitrogens with zero attached hydrogens (tertiary/aromatic N) is 1. The quantitative estimate of drug-likeness (QED) is 0.449. The lowest BCUT2D eigenvalue weighted by Crippen LogP contribution is -2.36. The van der Waals surface area contributed by atoms with E-state index >= 15 is 0 Å². The van der Waals surface area contributed by atoms with Crippen molar-refractivity contribution in [2.24, 2.45) is 0 Å². The van der Waals surface area contributed by atoms with Crippen LogP contribution < -0.4 is 5.32 Å². The lowest BCUT2D eigenvalue weighted by molar-refractivity contribution is 0.210. The molecule has 0 saturated heterocycles. The fourth-order valence-electron chi connectivity index (χ4n) is 2.77. The summed E-state index contributed by atoms with van der Waals surface area (Å²) in [6, 6.07) is 22.1. The van der Waals surface area contributed by atoms with Crippen molar-refractivity contribution in [1.82, 2.24) is 4.90 Å². The van der Waals surface area contributed by atoms with Gasteiger partial charge in [0.1, 0.15) is 0 Å². The van der Waals surface area contributed by atoms with Crippen LogP contribution in [0.15, 0.2) is 72.8 Å². The molecule has 0 aliphatic heterocycles. The Bertz CT molecular complexity index is 930. The predicted octanol–water partition coefficient (Wildman–Crippen LogP) is 6.92. The smallest absolute Gasteiger partial charge is 0.320 e. The topological polar surface area (TPSA) is 32.3 Å². The van der Waals surface area contributed by atoms with Crippen LogP contribution in [-0.4, -0.2) is 17.5 Å². The molecule has 0 radical (unpaired) electrons. The van der Waals surface area contributed by atoms with Crippen molar-refractivity contribution < 1.29 is 4.79 Å².